The van der Waals surface area contributed by atoms with Crippen molar-refractivity contribution in [2.45, 2.75) is 27.7 Å². The average Bonchev–Trinajstić information content (AvgIpc) is 2.64. The molecule has 2 aromatic carbocycles. The summed E-state index contributed by atoms with van der Waals surface area (Å²) in [4.78, 5) is 4.62. The molecule has 0 aromatic heterocycles. The van der Waals surface area contributed by atoms with Crippen LogP contribution in [-0.2, 0) is 0 Å². The maximum Gasteiger partial charge on any atom is 0.0858 e. The molecule has 0 heterocycles. The fourth-order valence-electron chi connectivity index (χ4n) is 2.75. The van der Waals surface area contributed by atoms with Crippen LogP contribution in [0, 0.1) is 0 Å². The minimum absolute atomic E-state index is 0.874. The van der Waals surface area contributed by atoms with Gasteiger partial charge in [0.1, 0.15) is 0 Å². The van der Waals surface area contributed by atoms with E-state index in [4.69, 9.17) is 0 Å². The summed E-state index contributed by atoms with van der Waals surface area (Å²) in [5.41, 5.74) is 4.20. The van der Waals surface area contributed by atoms with E-state index in [1.807, 2.05) is 24.3 Å². The summed E-state index contributed by atoms with van der Waals surface area (Å²) < 4.78 is 0. The molecule has 2 rings (SSSR count). The molecular weight excluding hydrogens is 296 g/mol. The van der Waals surface area contributed by atoms with Crippen molar-refractivity contribution < 1.29 is 0 Å². The Balaban J connectivity index is 2.05. The highest BCUT2D eigenvalue weighted by Crippen LogP contribution is 2.24. The molecule has 0 aliphatic carbocycles. The summed E-state index contributed by atoms with van der Waals surface area (Å²) >= 11 is 0. The minimum atomic E-state index is 0.874. The summed E-state index contributed by atoms with van der Waals surface area (Å²) in [6.45, 7) is 12.7. The zero-order valence-corrected chi connectivity index (χ0v) is 15.2. The van der Waals surface area contributed by atoms with E-state index in [1.165, 1.54) is 11.4 Å². The highest BCUT2D eigenvalue weighted by atomic mass is 15.1. The molecule has 0 spiro atoms. The standard InChI is InChI=1S/C20H28N4/c1-5-23(6-2)19-13-9-17(10-14-19)21-22-18-11-15-20(16-12-18)24(7-3)8-4/h9-16H,5-8H2,1-4H3. The second-order valence-electron chi connectivity index (χ2n) is 5.58. The van der Waals surface area contributed by atoms with Crippen molar-refractivity contribution in [3.05, 3.63) is 48.5 Å². The van der Waals surface area contributed by atoms with Crippen molar-refractivity contribution >= 4 is 22.7 Å². The van der Waals surface area contributed by atoms with E-state index in [-0.39, 0.29) is 0 Å². The van der Waals surface area contributed by atoms with Crippen molar-refractivity contribution in [2.75, 3.05) is 36.0 Å². The zero-order valence-electron chi connectivity index (χ0n) is 15.2. The number of nitrogens with zero attached hydrogens (tertiary/aromatic N) is 4. The van der Waals surface area contributed by atoms with E-state index in [0.29, 0.717) is 0 Å². The topological polar surface area (TPSA) is 31.2 Å². The largest absolute Gasteiger partial charge is 0.372 e. The van der Waals surface area contributed by atoms with Crippen molar-refractivity contribution in [1.29, 1.82) is 0 Å². The molecule has 0 radical (unpaired) electrons. The van der Waals surface area contributed by atoms with Gasteiger partial charge in [0.25, 0.3) is 0 Å². The third-order valence-electron chi connectivity index (χ3n) is 4.24. The molecule has 0 atom stereocenters. The summed E-state index contributed by atoms with van der Waals surface area (Å²) in [5, 5.41) is 8.67. The van der Waals surface area contributed by atoms with Crippen LogP contribution in [0.4, 0.5) is 22.7 Å². The van der Waals surface area contributed by atoms with Crippen molar-refractivity contribution in [1.82, 2.24) is 0 Å². The van der Waals surface area contributed by atoms with Gasteiger partial charge in [-0.25, -0.2) is 0 Å². The lowest BCUT2D eigenvalue weighted by atomic mass is 10.2. The van der Waals surface area contributed by atoms with Crippen LogP contribution in [-0.4, -0.2) is 26.2 Å². The van der Waals surface area contributed by atoms with Crippen LogP contribution >= 0.6 is 0 Å². The first-order valence-electron chi connectivity index (χ1n) is 8.83. The van der Waals surface area contributed by atoms with E-state index in [1.54, 1.807) is 0 Å². The van der Waals surface area contributed by atoms with Gasteiger partial charge in [0.15, 0.2) is 0 Å². The monoisotopic (exact) mass is 324 g/mol. The Morgan fingerprint density at radius 1 is 0.542 bits per heavy atom. The predicted molar refractivity (Wildman–Crippen MR) is 104 cm³/mol. The van der Waals surface area contributed by atoms with Gasteiger partial charge in [-0.15, -0.1) is 0 Å². The SMILES string of the molecule is CCN(CC)c1ccc(N=Nc2ccc(N(CC)CC)cc2)cc1. The molecule has 0 saturated heterocycles. The second kappa shape index (κ2) is 9.06. The minimum Gasteiger partial charge on any atom is -0.372 e. The fourth-order valence-corrected chi connectivity index (χ4v) is 2.75. The van der Waals surface area contributed by atoms with Crippen LogP contribution in [0.5, 0.6) is 0 Å². The molecule has 24 heavy (non-hydrogen) atoms. The van der Waals surface area contributed by atoms with Gasteiger partial charge in [-0.1, -0.05) is 0 Å². The van der Waals surface area contributed by atoms with E-state index in [2.05, 4.69) is 72.0 Å². The number of rotatable bonds is 8. The lowest BCUT2D eigenvalue weighted by molar-refractivity contribution is 0.866. The Hall–Kier alpha value is -2.36. The Morgan fingerprint density at radius 3 is 1.08 bits per heavy atom. The maximum atomic E-state index is 4.34. The molecule has 0 bridgehead atoms. The van der Waals surface area contributed by atoms with Crippen LogP contribution < -0.4 is 9.80 Å². The summed E-state index contributed by atoms with van der Waals surface area (Å²) in [5.74, 6) is 0. The summed E-state index contributed by atoms with van der Waals surface area (Å²) in [6.07, 6.45) is 0. The smallest absolute Gasteiger partial charge is 0.0858 e. The van der Waals surface area contributed by atoms with Gasteiger partial charge >= 0.3 is 0 Å². The molecular formula is C20H28N4. The van der Waals surface area contributed by atoms with E-state index in [0.717, 1.165) is 37.6 Å². The van der Waals surface area contributed by atoms with Crippen LogP contribution in [0.3, 0.4) is 0 Å². The lowest BCUT2D eigenvalue weighted by Gasteiger charge is -2.20. The Labute approximate surface area is 145 Å². The molecule has 4 nitrogen and oxygen atoms in total. The molecule has 4 heteroatoms. The summed E-state index contributed by atoms with van der Waals surface area (Å²) in [6, 6.07) is 16.5. The van der Waals surface area contributed by atoms with Gasteiger partial charge in [0.2, 0.25) is 0 Å². The molecule has 2 aromatic rings. The normalized spacial score (nSPS) is 11.0. The van der Waals surface area contributed by atoms with E-state index < -0.39 is 0 Å². The number of hydrogen-bond donors (Lipinski definition) is 0. The Morgan fingerprint density at radius 2 is 0.833 bits per heavy atom. The molecule has 0 amide bonds. The van der Waals surface area contributed by atoms with Gasteiger partial charge in [0.05, 0.1) is 11.4 Å². The molecule has 0 aliphatic heterocycles. The van der Waals surface area contributed by atoms with Crippen LogP contribution in [0.25, 0.3) is 0 Å². The van der Waals surface area contributed by atoms with E-state index in [9.17, 15) is 0 Å². The Kier molecular flexibility index (Phi) is 6.79. The summed E-state index contributed by atoms with van der Waals surface area (Å²) in [7, 11) is 0. The number of anilines is 2. The first kappa shape index (κ1) is 18.0. The number of azo groups is 1. The van der Waals surface area contributed by atoms with E-state index >= 15 is 0 Å². The maximum absolute atomic E-state index is 4.34. The molecule has 128 valence electrons. The number of benzene rings is 2. The van der Waals surface area contributed by atoms with Gasteiger partial charge in [-0.05, 0) is 76.2 Å². The molecule has 0 saturated carbocycles. The molecule has 0 fully saturated rings. The van der Waals surface area contributed by atoms with Gasteiger partial charge in [-0.2, -0.15) is 10.2 Å². The van der Waals surface area contributed by atoms with Crippen LogP contribution in [0.15, 0.2) is 58.8 Å². The third kappa shape index (κ3) is 4.57. The first-order valence-corrected chi connectivity index (χ1v) is 8.83. The van der Waals surface area contributed by atoms with Crippen molar-refractivity contribution in [3.8, 4) is 0 Å². The van der Waals surface area contributed by atoms with Gasteiger partial charge in [0, 0.05) is 37.6 Å². The van der Waals surface area contributed by atoms with Crippen LogP contribution in [0.2, 0.25) is 0 Å². The zero-order chi connectivity index (χ0) is 17.4. The van der Waals surface area contributed by atoms with Crippen molar-refractivity contribution in [2.24, 2.45) is 10.2 Å². The highest BCUT2D eigenvalue weighted by molar-refractivity contribution is 5.54. The lowest BCUT2D eigenvalue weighted by Crippen LogP contribution is -2.21. The third-order valence-corrected chi connectivity index (χ3v) is 4.24. The number of hydrogen-bond acceptors (Lipinski definition) is 4. The highest BCUT2D eigenvalue weighted by Gasteiger charge is 2.02. The molecule has 0 unspecified atom stereocenters. The average molecular weight is 324 g/mol. The van der Waals surface area contributed by atoms with Gasteiger partial charge in [-0.3, -0.25) is 0 Å². The van der Waals surface area contributed by atoms with Crippen LogP contribution in [0.1, 0.15) is 27.7 Å². The van der Waals surface area contributed by atoms with Crippen molar-refractivity contribution in [3.63, 3.8) is 0 Å². The molecule has 0 aliphatic rings. The first-order chi connectivity index (χ1) is 11.7. The Bertz CT molecular complexity index is 566. The fraction of sp³-hybridized carbons (Fsp3) is 0.400. The van der Waals surface area contributed by atoms with Gasteiger partial charge < -0.3 is 9.80 Å². The quantitative estimate of drug-likeness (QED) is 0.575. The second-order valence-corrected chi connectivity index (χ2v) is 5.58. The molecule has 0 N–H and O–H groups in total. The predicted octanol–water partition coefficient (Wildman–Crippen LogP) is 5.79.